The Kier molecular flexibility index (Phi) is 3.66. The third kappa shape index (κ3) is 2.60. The standard InChI is InChI=1S/C12H10ClFO2S/c1-16-9-3-2-7(6-8(9)14)12(15)10-4-5-11(13)17-10/h2-6,12,15H,1H3. The van der Waals surface area contributed by atoms with E-state index in [2.05, 4.69) is 0 Å². The summed E-state index contributed by atoms with van der Waals surface area (Å²) in [6, 6.07) is 7.80. The summed E-state index contributed by atoms with van der Waals surface area (Å²) < 4.78 is 18.9. The van der Waals surface area contributed by atoms with Crippen molar-refractivity contribution in [1.82, 2.24) is 0 Å². The minimum atomic E-state index is -0.868. The summed E-state index contributed by atoms with van der Waals surface area (Å²) in [7, 11) is 1.40. The maximum Gasteiger partial charge on any atom is 0.165 e. The Morgan fingerprint density at radius 1 is 1.35 bits per heavy atom. The molecule has 2 aromatic rings. The van der Waals surface area contributed by atoms with Gasteiger partial charge >= 0.3 is 0 Å². The molecule has 1 aromatic heterocycles. The first-order chi connectivity index (χ1) is 8.11. The molecule has 1 N–H and O–H groups in total. The number of thiophene rings is 1. The van der Waals surface area contributed by atoms with Crippen LogP contribution in [0.5, 0.6) is 5.75 Å². The zero-order valence-electron chi connectivity index (χ0n) is 8.98. The van der Waals surface area contributed by atoms with E-state index in [0.717, 1.165) is 0 Å². The fraction of sp³-hybridized carbons (Fsp3) is 0.167. The van der Waals surface area contributed by atoms with Crippen LogP contribution in [0.3, 0.4) is 0 Å². The van der Waals surface area contributed by atoms with E-state index in [0.29, 0.717) is 14.8 Å². The van der Waals surface area contributed by atoms with Crippen molar-refractivity contribution in [2.24, 2.45) is 0 Å². The molecule has 0 aliphatic rings. The molecular formula is C12H10ClFO2S. The largest absolute Gasteiger partial charge is 0.494 e. The molecule has 0 aliphatic carbocycles. The van der Waals surface area contributed by atoms with Gasteiger partial charge in [-0.25, -0.2) is 4.39 Å². The molecule has 0 bridgehead atoms. The SMILES string of the molecule is COc1ccc(C(O)c2ccc(Cl)s2)cc1F. The first-order valence-electron chi connectivity index (χ1n) is 4.88. The molecule has 0 aliphatic heterocycles. The predicted molar refractivity (Wildman–Crippen MR) is 66.3 cm³/mol. The number of rotatable bonds is 3. The number of aliphatic hydroxyl groups excluding tert-OH is 1. The molecule has 0 radical (unpaired) electrons. The van der Waals surface area contributed by atoms with Gasteiger partial charge < -0.3 is 9.84 Å². The Morgan fingerprint density at radius 3 is 2.65 bits per heavy atom. The number of hydrogen-bond acceptors (Lipinski definition) is 3. The Balaban J connectivity index is 2.31. The van der Waals surface area contributed by atoms with Gasteiger partial charge in [-0.3, -0.25) is 0 Å². The molecular weight excluding hydrogens is 263 g/mol. The Morgan fingerprint density at radius 2 is 2.12 bits per heavy atom. The molecule has 1 unspecified atom stereocenters. The second-order valence-corrected chi connectivity index (χ2v) is 5.19. The van der Waals surface area contributed by atoms with Crippen molar-refractivity contribution in [3.05, 3.63) is 50.9 Å². The molecule has 0 saturated carbocycles. The lowest BCUT2D eigenvalue weighted by Gasteiger charge is -2.10. The molecule has 1 atom stereocenters. The fourth-order valence-corrected chi connectivity index (χ4v) is 2.57. The van der Waals surface area contributed by atoms with Crippen molar-refractivity contribution in [1.29, 1.82) is 0 Å². The van der Waals surface area contributed by atoms with Gasteiger partial charge in [0.25, 0.3) is 0 Å². The van der Waals surface area contributed by atoms with Gasteiger partial charge in [0.05, 0.1) is 11.4 Å². The first kappa shape index (κ1) is 12.4. The third-order valence-electron chi connectivity index (χ3n) is 2.36. The van der Waals surface area contributed by atoms with Crippen LogP contribution in [0.4, 0.5) is 4.39 Å². The lowest BCUT2D eigenvalue weighted by Crippen LogP contribution is -1.98. The molecule has 5 heteroatoms. The number of benzene rings is 1. The number of aliphatic hydroxyl groups is 1. The van der Waals surface area contributed by atoms with Crippen molar-refractivity contribution < 1.29 is 14.2 Å². The fourth-order valence-electron chi connectivity index (χ4n) is 1.49. The molecule has 2 rings (SSSR count). The van der Waals surface area contributed by atoms with Gasteiger partial charge in [0.1, 0.15) is 6.10 Å². The first-order valence-corrected chi connectivity index (χ1v) is 6.08. The van der Waals surface area contributed by atoms with Crippen LogP contribution in [-0.4, -0.2) is 12.2 Å². The quantitative estimate of drug-likeness (QED) is 0.924. The van der Waals surface area contributed by atoms with Crippen LogP contribution < -0.4 is 4.74 Å². The van der Waals surface area contributed by atoms with E-state index >= 15 is 0 Å². The van der Waals surface area contributed by atoms with Crippen LogP contribution in [-0.2, 0) is 0 Å². The van der Waals surface area contributed by atoms with E-state index in [4.69, 9.17) is 16.3 Å². The van der Waals surface area contributed by atoms with Crippen molar-refractivity contribution in [2.75, 3.05) is 7.11 Å². The Bertz CT molecular complexity index is 527. The molecule has 0 fully saturated rings. The van der Waals surface area contributed by atoms with Crippen LogP contribution in [0.25, 0.3) is 0 Å². The maximum absolute atomic E-state index is 13.5. The minimum Gasteiger partial charge on any atom is -0.494 e. The molecule has 0 saturated heterocycles. The highest BCUT2D eigenvalue weighted by Gasteiger charge is 2.15. The third-order valence-corrected chi connectivity index (χ3v) is 3.64. The Labute approximate surface area is 107 Å². The average Bonchev–Trinajstić information content (AvgIpc) is 2.75. The van der Waals surface area contributed by atoms with Crippen LogP contribution in [0.1, 0.15) is 16.5 Å². The zero-order valence-corrected chi connectivity index (χ0v) is 10.6. The lowest BCUT2D eigenvalue weighted by atomic mass is 10.1. The molecule has 2 nitrogen and oxygen atoms in total. The lowest BCUT2D eigenvalue weighted by molar-refractivity contribution is 0.223. The van der Waals surface area contributed by atoms with E-state index in [1.165, 1.54) is 30.6 Å². The Hall–Kier alpha value is -1.10. The molecule has 17 heavy (non-hydrogen) atoms. The molecule has 0 amide bonds. The van der Waals surface area contributed by atoms with Gasteiger partial charge in [-0.05, 0) is 29.8 Å². The predicted octanol–water partition coefficient (Wildman–Crippen LogP) is 3.63. The van der Waals surface area contributed by atoms with E-state index in [-0.39, 0.29) is 5.75 Å². The molecule has 1 heterocycles. The highest BCUT2D eigenvalue weighted by molar-refractivity contribution is 7.16. The van der Waals surface area contributed by atoms with Gasteiger partial charge in [-0.1, -0.05) is 17.7 Å². The molecule has 1 aromatic carbocycles. The number of methoxy groups -OCH3 is 1. The number of ether oxygens (including phenoxy) is 1. The molecule has 90 valence electrons. The summed E-state index contributed by atoms with van der Waals surface area (Å²) in [5.74, 6) is -0.336. The summed E-state index contributed by atoms with van der Waals surface area (Å²) >= 11 is 7.05. The highest BCUT2D eigenvalue weighted by atomic mass is 35.5. The summed E-state index contributed by atoms with van der Waals surface area (Å²) in [5.41, 5.74) is 0.474. The van der Waals surface area contributed by atoms with Crippen LogP contribution in [0, 0.1) is 5.82 Å². The van der Waals surface area contributed by atoms with Crippen LogP contribution in [0.2, 0.25) is 4.34 Å². The van der Waals surface area contributed by atoms with Gasteiger partial charge in [0, 0.05) is 4.88 Å². The van der Waals surface area contributed by atoms with Gasteiger partial charge in [-0.2, -0.15) is 0 Å². The normalized spacial score (nSPS) is 12.5. The van der Waals surface area contributed by atoms with Gasteiger partial charge in [-0.15, -0.1) is 11.3 Å². The van der Waals surface area contributed by atoms with Crippen molar-refractivity contribution in [3.8, 4) is 5.75 Å². The summed E-state index contributed by atoms with van der Waals surface area (Å²) in [5, 5.41) is 10.0. The van der Waals surface area contributed by atoms with Crippen LogP contribution in [0.15, 0.2) is 30.3 Å². The average molecular weight is 273 g/mol. The topological polar surface area (TPSA) is 29.5 Å². The second-order valence-electron chi connectivity index (χ2n) is 3.44. The summed E-state index contributed by atoms with van der Waals surface area (Å²) in [6.45, 7) is 0. The highest BCUT2D eigenvalue weighted by Crippen LogP contribution is 2.32. The van der Waals surface area contributed by atoms with Crippen molar-refractivity contribution in [3.63, 3.8) is 0 Å². The summed E-state index contributed by atoms with van der Waals surface area (Å²) in [4.78, 5) is 0.680. The second kappa shape index (κ2) is 5.04. The smallest absolute Gasteiger partial charge is 0.165 e. The zero-order chi connectivity index (χ0) is 12.4. The van der Waals surface area contributed by atoms with Crippen molar-refractivity contribution >= 4 is 22.9 Å². The monoisotopic (exact) mass is 272 g/mol. The van der Waals surface area contributed by atoms with E-state index in [1.807, 2.05) is 0 Å². The van der Waals surface area contributed by atoms with Gasteiger partial charge in [0.15, 0.2) is 11.6 Å². The summed E-state index contributed by atoms with van der Waals surface area (Å²) in [6.07, 6.45) is -0.868. The van der Waals surface area contributed by atoms with E-state index in [1.54, 1.807) is 18.2 Å². The van der Waals surface area contributed by atoms with Crippen LogP contribution >= 0.6 is 22.9 Å². The van der Waals surface area contributed by atoms with Gasteiger partial charge in [0.2, 0.25) is 0 Å². The number of halogens is 2. The maximum atomic E-state index is 13.5. The molecule has 0 spiro atoms. The minimum absolute atomic E-state index is 0.158. The van der Waals surface area contributed by atoms with E-state index < -0.39 is 11.9 Å². The van der Waals surface area contributed by atoms with Crippen molar-refractivity contribution in [2.45, 2.75) is 6.10 Å². The number of hydrogen-bond donors (Lipinski definition) is 1. The van der Waals surface area contributed by atoms with E-state index in [9.17, 15) is 9.50 Å².